The molecule has 1 aromatic carbocycles. The van der Waals surface area contributed by atoms with Gasteiger partial charge in [-0.2, -0.15) is 0 Å². The lowest BCUT2D eigenvalue weighted by atomic mass is 9.92. The average molecular weight is 324 g/mol. The quantitative estimate of drug-likeness (QED) is 0.700. The molecule has 0 aliphatic heterocycles. The summed E-state index contributed by atoms with van der Waals surface area (Å²) in [5, 5.41) is 3.70. The van der Waals surface area contributed by atoms with Crippen molar-refractivity contribution in [1.82, 2.24) is 5.32 Å². The average Bonchev–Trinajstić information content (AvgIpc) is 3.18. The van der Waals surface area contributed by atoms with Crippen molar-refractivity contribution in [1.29, 1.82) is 0 Å². The van der Waals surface area contributed by atoms with Gasteiger partial charge in [0, 0.05) is 17.1 Å². The lowest BCUT2D eigenvalue weighted by Crippen LogP contribution is -2.23. The highest BCUT2D eigenvalue weighted by atomic mass is 79.9. The van der Waals surface area contributed by atoms with Crippen molar-refractivity contribution in [2.24, 2.45) is 5.92 Å². The van der Waals surface area contributed by atoms with Gasteiger partial charge in [-0.25, -0.2) is 0 Å². The molecule has 1 aliphatic carbocycles. The first-order valence-electron chi connectivity index (χ1n) is 7.64. The molecular formula is C17H26BrN. The van der Waals surface area contributed by atoms with E-state index in [2.05, 4.69) is 59.4 Å². The molecular weight excluding hydrogens is 298 g/mol. The number of benzene rings is 1. The number of hydrogen-bond donors (Lipinski definition) is 1. The van der Waals surface area contributed by atoms with E-state index < -0.39 is 0 Å². The van der Waals surface area contributed by atoms with Gasteiger partial charge in [0.25, 0.3) is 0 Å². The SMILES string of the molecule is CC(C)CCCC(CNC1CC1)c1ccc(Br)cc1. The van der Waals surface area contributed by atoms with Crippen LogP contribution >= 0.6 is 15.9 Å². The third-order valence-electron chi connectivity index (χ3n) is 3.91. The van der Waals surface area contributed by atoms with Crippen LogP contribution in [0.15, 0.2) is 28.7 Å². The Balaban J connectivity index is 1.89. The molecule has 1 unspecified atom stereocenters. The van der Waals surface area contributed by atoms with Crippen molar-refractivity contribution in [3.63, 3.8) is 0 Å². The van der Waals surface area contributed by atoms with Gasteiger partial charge in [0.1, 0.15) is 0 Å². The van der Waals surface area contributed by atoms with Crippen LogP contribution in [-0.2, 0) is 0 Å². The van der Waals surface area contributed by atoms with E-state index in [1.54, 1.807) is 0 Å². The first-order valence-corrected chi connectivity index (χ1v) is 8.43. The summed E-state index contributed by atoms with van der Waals surface area (Å²) in [5.41, 5.74) is 1.49. The molecule has 0 saturated heterocycles. The van der Waals surface area contributed by atoms with E-state index in [1.165, 1.54) is 42.1 Å². The van der Waals surface area contributed by atoms with Crippen LogP contribution in [0.2, 0.25) is 0 Å². The van der Waals surface area contributed by atoms with E-state index in [-0.39, 0.29) is 0 Å². The summed E-state index contributed by atoms with van der Waals surface area (Å²) >= 11 is 3.52. The van der Waals surface area contributed by atoms with E-state index in [4.69, 9.17) is 0 Å². The van der Waals surface area contributed by atoms with Crippen LogP contribution in [0.4, 0.5) is 0 Å². The van der Waals surface area contributed by atoms with Crippen molar-refractivity contribution in [3.05, 3.63) is 34.3 Å². The molecule has 2 heteroatoms. The lowest BCUT2D eigenvalue weighted by Gasteiger charge is -2.19. The van der Waals surface area contributed by atoms with Gasteiger partial charge in [0.2, 0.25) is 0 Å². The van der Waals surface area contributed by atoms with E-state index >= 15 is 0 Å². The second kappa shape index (κ2) is 7.44. The zero-order valence-corrected chi connectivity index (χ0v) is 13.7. The summed E-state index contributed by atoms with van der Waals surface area (Å²) in [6.07, 6.45) is 6.73. The Kier molecular flexibility index (Phi) is 5.90. The molecule has 0 spiro atoms. The lowest BCUT2D eigenvalue weighted by molar-refractivity contribution is 0.479. The fourth-order valence-electron chi connectivity index (χ4n) is 2.49. The molecule has 0 bridgehead atoms. The molecule has 19 heavy (non-hydrogen) atoms. The summed E-state index contributed by atoms with van der Waals surface area (Å²) < 4.78 is 1.17. The van der Waals surface area contributed by atoms with E-state index in [0.717, 1.165) is 18.5 Å². The van der Waals surface area contributed by atoms with Crippen molar-refractivity contribution in [3.8, 4) is 0 Å². The summed E-state index contributed by atoms with van der Waals surface area (Å²) in [7, 11) is 0. The van der Waals surface area contributed by atoms with Crippen molar-refractivity contribution in [2.45, 2.75) is 57.9 Å². The van der Waals surface area contributed by atoms with Gasteiger partial charge in [-0.1, -0.05) is 54.8 Å². The van der Waals surface area contributed by atoms with Crippen molar-refractivity contribution >= 4 is 15.9 Å². The van der Waals surface area contributed by atoms with Gasteiger partial charge in [-0.15, -0.1) is 0 Å². The van der Waals surface area contributed by atoms with Crippen LogP contribution in [-0.4, -0.2) is 12.6 Å². The smallest absolute Gasteiger partial charge is 0.0175 e. The third kappa shape index (κ3) is 5.66. The maximum atomic E-state index is 3.70. The normalized spacial score (nSPS) is 16.8. The Morgan fingerprint density at radius 1 is 1.16 bits per heavy atom. The Labute approximate surface area is 126 Å². The molecule has 1 fully saturated rings. The Morgan fingerprint density at radius 2 is 1.84 bits per heavy atom. The second-order valence-electron chi connectivity index (χ2n) is 6.26. The van der Waals surface area contributed by atoms with Crippen LogP contribution in [0.5, 0.6) is 0 Å². The zero-order chi connectivity index (χ0) is 13.7. The second-order valence-corrected chi connectivity index (χ2v) is 7.17. The van der Waals surface area contributed by atoms with Gasteiger partial charge in [0.05, 0.1) is 0 Å². The molecule has 0 radical (unpaired) electrons. The molecule has 0 amide bonds. The minimum atomic E-state index is 0.674. The number of rotatable bonds is 8. The highest BCUT2D eigenvalue weighted by molar-refractivity contribution is 9.10. The minimum Gasteiger partial charge on any atom is -0.313 e. The maximum absolute atomic E-state index is 3.70. The van der Waals surface area contributed by atoms with Crippen LogP contribution in [0.25, 0.3) is 0 Å². The number of hydrogen-bond acceptors (Lipinski definition) is 1. The topological polar surface area (TPSA) is 12.0 Å². The Morgan fingerprint density at radius 3 is 2.42 bits per heavy atom. The standard InChI is InChI=1S/C17H26BrN/c1-13(2)4-3-5-15(12-19-17-10-11-17)14-6-8-16(18)9-7-14/h6-9,13,15,17,19H,3-5,10-12H2,1-2H3. The van der Waals surface area contributed by atoms with Crippen LogP contribution in [0.3, 0.4) is 0 Å². The number of nitrogens with one attached hydrogen (secondary N) is 1. The molecule has 106 valence electrons. The first kappa shape index (κ1) is 15.1. The third-order valence-corrected chi connectivity index (χ3v) is 4.43. The Bertz CT molecular complexity index is 367. The highest BCUT2D eigenvalue weighted by Crippen LogP contribution is 2.26. The molecule has 1 saturated carbocycles. The first-order chi connectivity index (χ1) is 9.15. The fourth-order valence-corrected chi connectivity index (χ4v) is 2.75. The summed E-state index contributed by atoms with van der Waals surface area (Å²) in [5.74, 6) is 1.49. The van der Waals surface area contributed by atoms with Gasteiger partial charge in [-0.05, 0) is 48.8 Å². The molecule has 2 rings (SSSR count). The maximum Gasteiger partial charge on any atom is 0.0175 e. The van der Waals surface area contributed by atoms with Gasteiger partial charge in [-0.3, -0.25) is 0 Å². The number of halogens is 1. The monoisotopic (exact) mass is 323 g/mol. The molecule has 1 atom stereocenters. The van der Waals surface area contributed by atoms with Crippen LogP contribution in [0.1, 0.15) is 57.4 Å². The van der Waals surface area contributed by atoms with E-state index in [0.29, 0.717) is 5.92 Å². The summed E-state index contributed by atoms with van der Waals surface area (Å²) in [6, 6.07) is 9.70. The predicted octanol–water partition coefficient (Wildman–Crippen LogP) is 5.11. The zero-order valence-electron chi connectivity index (χ0n) is 12.2. The molecule has 1 aromatic rings. The Hall–Kier alpha value is -0.340. The minimum absolute atomic E-state index is 0.674. The van der Waals surface area contributed by atoms with Crippen molar-refractivity contribution in [2.75, 3.05) is 6.54 Å². The largest absolute Gasteiger partial charge is 0.313 e. The summed E-state index contributed by atoms with van der Waals surface area (Å²) in [6.45, 7) is 5.78. The van der Waals surface area contributed by atoms with E-state index in [1.807, 2.05) is 0 Å². The van der Waals surface area contributed by atoms with Gasteiger partial charge < -0.3 is 5.32 Å². The molecule has 1 N–H and O–H groups in total. The predicted molar refractivity (Wildman–Crippen MR) is 86.6 cm³/mol. The van der Waals surface area contributed by atoms with Gasteiger partial charge >= 0.3 is 0 Å². The molecule has 1 nitrogen and oxygen atoms in total. The van der Waals surface area contributed by atoms with Crippen molar-refractivity contribution < 1.29 is 0 Å². The summed E-state index contributed by atoms with van der Waals surface area (Å²) in [4.78, 5) is 0. The molecule has 0 aromatic heterocycles. The van der Waals surface area contributed by atoms with E-state index in [9.17, 15) is 0 Å². The molecule has 0 heterocycles. The van der Waals surface area contributed by atoms with Crippen LogP contribution in [0, 0.1) is 5.92 Å². The fraction of sp³-hybridized carbons (Fsp3) is 0.647. The highest BCUT2D eigenvalue weighted by Gasteiger charge is 2.22. The van der Waals surface area contributed by atoms with Crippen LogP contribution < -0.4 is 5.32 Å². The van der Waals surface area contributed by atoms with Gasteiger partial charge in [0.15, 0.2) is 0 Å². The molecule has 1 aliphatic rings.